The summed E-state index contributed by atoms with van der Waals surface area (Å²) < 4.78 is 31.2. The molecule has 1 N–H and O–H groups in total. The largest absolute Gasteiger partial charge is 0.447 e. The maximum absolute atomic E-state index is 12.3. The minimum Gasteiger partial charge on any atom is -0.447 e. The topological polar surface area (TPSA) is 62.6 Å². The zero-order chi connectivity index (χ0) is 13.9. The van der Waals surface area contributed by atoms with Crippen LogP contribution in [0.2, 0.25) is 0 Å². The second-order valence-corrected chi connectivity index (χ2v) is 7.10. The van der Waals surface area contributed by atoms with E-state index in [-0.39, 0.29) is 5.09 Å². The number of thiophene rings is 1. The molecule has 2 heterocycles. The van der Waals surface area contributed by atoms with E-state index in [1.165, 1.54) is 21.7 Å². The number of rotatable bonds is 6. The van der Waals surface area contributed by atoms with Crippen molar-refractivity contribution < 1.29 is 12.8 Å². The summed E-state index contributed by atoms with van der Waals surface area (Å²) in [6, 6.07) is 6.97. The van der Waals surface area contributed by atoms with Crippen molar-refractivity contribution in [1.29, 1.82) is 0 Å². The molecule has 0 aliphatic heterocycles. The molecule has 2 aromatic rings. The van der Waals surface area contributed by atoms with Crippen LogP contribution in [0.25, 0.3) is 0 Å². The van der Waals surface area contributed by atoms with E-state index in [4.69, 9.17) is 4.42 Å². The molecule has 0 aliphatic rings. The molecular weight excluding hydrogens is 284 g/mol. The van der Waals surface area contributed by atoms with Crippen LogP contribution in [0.3, 0.4) is 0 Å². The normalized spacial score (nSPS) is 12.2. The standard InChI is InChI=1S/C12H16N2O3S2/c1-13-8-10-5-6-12(17-10)19(15,16)14(2)9-11-4-3-7-18-11/h3-7,13H,8-9H2,1-2H3. The Kier molecular flexibility index (Phi) is 4.41. The second-order valence-electron chi connectivity index (χ2n) is 4.09. The zero-order valence-electron chi connectivity index (χ0n) is 10.8. The van der Waals surface area contributed by atoms with Crippen LogP contribution >= 0.6 is 11.3 Å². The number of hydrogen-bond acceptors (Lipinski definition) is 5. The molecule has 19 heavy (non-hydrogen) atoms. The molecule has 2 rings (SSSR count). The van der Waals surface area contributed by atoms with Gasteiger partial charge in [-0.2, -0.15) is 4.31 Å². The van der Waals surface area contributed by atoms with E-state index in [1.54, 1.807) is 20.2 Å². The SMILES string of the molecule is CNCc1ccc(S(=O)(=O)N(C)Cc2cccs2)o1. The van der Waals surface area contributed by atoms with Gasteiger partial charge in [0.15, 0.2) is 0 Å². The molecule has 0 amide bonds. The molecule has 0 atom stereocenters. The fourth-order valence-electron chi connectivity index (χ4n) is 1.63. The zero-order valence-corrected chi connectivity index (χ0v) is 12.4. The van der Waals surface area contributed by atoms with Crippen molar-refractivity contribution in [1.82, 2.24) is 9.62 Å². The van der Waals surface area contributed by atoms with E-state index < -0.39 is 10.0 Å². The van der Waals surface area contributed by atoms with Crippen molar-refractivity contribution in [2.24, 2.45) is 0 Å². The summed E-state index contributed by atoms with van der Waals surface area (Å²) in [7, 11) is -0.239. The summed E-state index contributed by atoms with van der Waals surface area (Å²) >= 11 is 1.53. The molecule has 5 nitrogen and oxygen atoms in total. The van der Waals surface area contributed by atoms with Crippen molar-refractivity contribution in [2.75, 3.05) is 14.1 Å². The van der Waals surface area contributed by atoms with Crippen molar-refractivity contribution in [3.8, 4) is 0 Å². The lowest BCUT2D eigenvalue weighted by Crippen LogP contribution is -2.25. The third-order valence-corrected chi connectivity index (χ3v) is 5.15. The number of nitrogens with one attached hydrogen (secondary N) is 1. The lowest BCUT2D eigenvalue weighted by Gasteiger charge is -2.14. The van der Waals surface area contributed by atoms with Crippen LogP contribution in [-0.2, 0) is 23.1 Å². The summed E-state index contributed by atoms with van der Waals surface area (Å²) in [4.78, 5) is 0.994. The monoisotopic (exact) mass is 300 g/mol. The first-order valence-corrected chi connectivity index (χ1v) is 8.08. The molecule has 0 saturated carbocycles. The van der Waals surface area contributed by atoms with Crippen molar-refractivity contribution in [3.63, 3.8) is 0 Å². The molecule has 2 aromatic heterocycles. The molecular formula is C12H16N2O3S2. The first kappa shape index (κ1) is 14.3. The first-order chi connectivity index (χ1) is 9.04. The highest BCUT2D eigenvalue weighted by Gasteiger charge is 2.24. The highest BCUT2D eigenvalue weighted by molar-refractivity contribution is 7.88. The molecule has 7 heteroatoms. The van der Waals surface area contributed by atoms with Crippen LogP contribution in [0.15, 0.2) is 39.2 Å². The molecule has 0 aliphatic carbocycles. The fourth-order valence-corrected chi connectivity index (χ4v) is 3.53. The highest BCUT2D eigenvalue weighted by Crippen LogP contribution is 2.20. The van der Waals surface area contributed by atoms with E-state index >= 15 is 0 Å². The third kappa shape index (κ3) is 3.24. The lowest BCUT2D eigenvalue weighted by molar-refractivity contribution is 0.383. The van der Waals surface area contributed by atoms with Gasteiger partial charge < -0.3 is 9.73 Å². The highest BCUT2D eigenvalue weighted by atomic mass is 32.2. The van der Waals surface area contributed by atoms with Crippen molar-refractivity contribution in [2.45, 2.75) is 18.2 Å². The lowest BCUT2D eigenvalue weighted by atomic mass is 10.4. The number of hydrogen-bond donors (Lipinski definition) is 1. The van der Waals surface area contributed by atoms with Gasteiger partial charge in [0.2, 0.25) is 5.09 Å². The Bertz CT molecular complexity index is 617. The molecule has 0 unspecified atom stereocenters. The predicted octanol–water partition coefficient (Wildman–Crippen LogP) is 1.88. The Hall–Kier alpha value is -1.15. The van der Waals surface area contributed by atoms with Gasteiger partial charge in [-0.05, 0) is 30.6 Å². The molecule has 0 radical (unpaired) electrons. The van der Waals surface area contributed by atoms with Gasteiger partial charge in [-0.3, -0.25) is 0 Å². The predicted molar refractivity (Wildman–Crippen MR) is 74.4 cm³/mol. The van der Waals surface area contributed by atoms with Gasteiger partial charge in [0.05, 0.1) is 6.54 Å². The third-order valence-electron chi connectivity index (χ3n) is 2.61. The van der Waals surface area contributed by atoms with E-state index in [2.05, 4.69) is 5.32 Å². The number of sulfonamides is 1. The summed E-state index contributed by atoms with van der Waals surface area (Å²) in [6.07, 6.45) is 0. The van der Waals surface area contributed by atoms with E-state index in [0.29, 0.717) is 18.8 Å². The summed E-state index contributed by atoms with van der Waals surface area (Å²) in [5.41, 5.74) is 0. The summed E-state index contributed by atoms with van der Waals surface area (Å²) in [5, 5.41) is 4.82. The molecule has 0 fully saturated rings. The van der Waals surface area contributed by atoms with E-state index in [0.717, 1.165) is 4.88 Å². The van der Waals surface area contributed by atoms with E-state index in [9.17, 15) is 8.42 Å². The molecule has 0 saturated heterocycles. The Morgan fingerprint density at radius 3 is 2.79 bits per heavy atom. The van der Waals surface area contributed by atoms with Gasteiger partial charge >= 0.3 is 0 Å². The van der Waals surface area contributed by atoms with E-state index in [1.807, 2.05) is 17.5 Å². The van der Waals surface area contributed by atoms with Crippen LogP contribution in [0.4, 0.5) is 0 Å². The second kappa shape index (κ2) is 5.87. The Morgan fingerprint density at radius 2 is 2.16 bits per heavy atom. The van der Waals surface area contributed by atoms with Crippen LogP contribution in [-0.4, -0.2) is 26.8 Å². The minimum absolute atomic E-state index is 0.0168. The number of nitrogens with zero attached hydrogens (tertiary/aromatic N) is 1. The molecule has 104 valence electrons. The maximum atomic E-state index is 12.3. The minimum atomic E-state index is -3.57. The first-order valence-electron chi connectivity index (χ1n) is 5.76. The summed E-state index contributed by atoms with van der Waals surface area (Å²) in [6.45, 7) is 0.853. The van der Waals surface area contributed by atoms with Gasteiger partial charge in [0, 0.05) is 18.5 Å². The van der Waals surface area contributed by atoms with Gasteiger partial charge in [-0.15, -0.1) is 11.3 Å². The molecule has 0 spiro atoms. The maximum Gasteiger partial charge on any atom is 0.276 e. The van der Waals surface area contributed by atoms with Gasteiger partial charge in [0.1, 0.15) is 5.76 Å². The average molecular weight is 300 g/mol. The van der Waals surface area contributed by atoms with Crippen LogP contribution in [0, 0.1) is 0 Å². The molecule has 0 bridgehead atoms. The van der Waals surface area contributed by atoms with Gasteiger partial charge in [0.25, 0.3) is 10.0 Å². The smallest absolute Gasteiger partial charge is 0.276 e. The Labute approximate surface area is 116 Å². The quantitative estimate of drug-likeness (QED) is 0.885. The summed E-state index contributed by atoms with van der Waals surface area (Å²) in [5.74, 6) is 0.602. The van der Waals surface area contributed by atoms with Crippen LogP contribution in [0.5, 0.6) is 0 Å². The fraction of sp³-hybridized carbons (Fsp3) is 0.333. The van der Waals surface area contributed by atoms with Crippen molar-refractivity contribution in [3.05, 3.63) is 40.3 Å². The number of furan rings is 1. The average Bonchev–Trinajstić information content (AvgIpc) is 3.00. The molecule has 0 aromatic carbocycles. The Morgan fingerprint density at radius 1 is 1.37 bits per heavy atom. The van der Waals surface area contributed by atoms with Crippen LogP contribution < -0.4 is 5.32 Å². The van der Waals surface area contributed by atoms with Gasteiger partial charge in [-0.25, -0.2) is 8.42 Å². The van der Waals surface area contributed by atoms with Crippen molar-refractivity contribution >= 4 is 21.4 Å². The van der Waals surface area contributed by atoms with Crippen LogP contribution in [0.1, 0.15) is 10.6 Å². The van der Waals surface area contributed by atoms with Gasteiger partial charge in [-0.1, -0.05) is 6.07 Å². The Balaban J connectivity index is 2.16.